The van der Waals surface area contributed by atoms with Crippen molar-refractivity contribution >= 4 is 29.3 Å². The molecule has 0 aliphatic carbocycles. The summed E-state index contributed by atoms with van der Waals surface area (Å²) in [6.07, 6.45) is 3.20. The van der Waals surface area contributed by atoms with Crippen LogP contribution < -0.4 is 14.8 Å². The number of hydrogen-bond donors (Lipinski definition) is 2. The van der Waals surface area contributed by atoms with Crippen LogP contribution in [0.25, 0.3) is 12.2 Å². The highest BCUT2D eigenvalue weighted by molar-refractivity contribution is 7.07. The first-order chi connectivity index (χ1) is 9.75. The first-order valence-corrected chi connectivity index (χ1v) is 7.33. The van der Waals surface area contributed by atoms with Crippen LogP contribution in [-0.2, 0) is 4.79 Å². The maximum Gasteiger partial charge on any atom is 0.266 e. The summed E-state index contributed by atoms with van der Waals surface area (Å²) in [5, 5.41) is 9.24. The van der Waals surface area contributed by atoms with Gasteiger partial charge in [0.2, 0.25) is 0 Å². The summed E-state index contributed by atoms with van der Waals surface area (Å²) in [7, 11) is 0. The smallest absolute Gasteiger partial charge is 0.266 e. The van der Waals surface area contributed by atoms with Crippen LogP contribution in [0.1, 0.15) is 26.3 Å². The molecule has 110 valence electrons. The van der Waals surface area contributed by atoms with E-state index in [0.29, 0.717) is 9.20 Å². The van der Waals surface area contributed by atoms with Crippen LogP contribution in [0, 0.1) is 5.41 Å². The zero-order chi connectivity index (χ0) is 15.6. The van der Waals surface area contributed by atoms with Gasteiger partial charge in [-0.2, -0.15) is 0 Å². The minimum absolute atomic E-state index is 0.0313. The summed E-state index contributed by atoms with van der Waals surface area (Å²) in [6.45, 7) is 5.50. The van der Waals surface area contributed by atoms with Crippen molar-refractivity contribution in [3.8, 4) is 5.75 Å². The number of ketones is 1. The largest absolute Gasteiger partial charge is 0.508 e. The van der Waals surface area contributed by atoms with Crippen molar-refractivity contribution in [2.24, 2.45) is 5.41 Å². The van der Waals surface area contributed by atoms with Gasteiger partial charge in [-0.05, 0) is 23.8 Å². The van der Waals surface area contributed by atoms with Gasteiger partial charge in [0.15, 0.2) is 5.78 Å². The molecule has 0 aliphatic heterocycles. The van der Waals surface area contributed by atoms with Gasteiger partial charge in [0, 0.05) is 11.5 Å². The molecule has 5 heteroatoms. The van der Waals surface area contributed by atoms with Crippen LogP contribution in [0.3, 0.4) is 0 Å². The van der Waals surface area contributed by atoms with Crippen molar-refractivity contribution in [2.75, 3.05) is 0 Å². The lowest BCUT2D eigenvalue weighted by Gasteiger charge is -2.12. The SMILES string of the molecule is CC(C)(C)C(=O)/C=c1\[nH]c(=O)/c(=C/c2ccc(O)cc2)s1. The van der Waals surface area contributed by atoms with Crippen molar-refractivity contribution in [3.63, 3.8) is 0 Å². The maximum absolute atomic E-state index is 11.9. The van der Waals surface area contributed by atoms with Crippen molar-refractivity contribution in [1.29, 1.82) is 0 Å². The Hall–Kier alpha value is -2.14. The van der Waals surface area contributed by atoms with Crippen molar-refractivity contribution in [2.45, 2.75) is 20.8 Å². The highest BCUT2D eigenvalue weighted by Gasteiger charge is 2.18. The first kappa shape index (κ1) is 15.3. The number of carbonyl (C=O) groups is 1. The third-order valence-corrected chi connectivity index (χ3v) is 3.84. The molecule has 0 atom stereocenters. The number of hydrogen-bond acceptors (Lipinski definition) is 4. The molecule has 1 aromatic heterocycles. The molecule has 2 rings (SSSR count). The lowest BCUT2D eigenvalue weighted by molar-refractivity contribution is -0.119. The number of H-pyrrole nitrogens is 1. The zero-order valence-corrected chi connectivity index (χ0v) is 13.0. The highest BCUT2D eigenvalue weighted by atomic mass is 32.1. The van der Waals surface area contributed by atoms with Crippen molar-refractivity contribution in [3.05, 3.63) is 49.4 Å². The van der Waals surface area contributed by atoms with E-state index in [1.54, 1.807) is 30.3 Å². The molecule has 2 aromatic rings. The Bertz CT molecular complexity index is 820. The second-order valence-corrected chi connectivity index (χ2v) is 6.86. The van der Waals surface area contributed by atoms with E-state index in [4.69, 9.17) is 0 Å². The molecule has 0 aliphatic rings. The molecular formula is C16H17NO3S. The fourth-order valence-electron chi connectivity index (χ4n) is 1.58. The molecule has 2 N–H and O–H groups in total. The third-order valence-electron chi connectivity index (χ3n) is 2.87. The van der Waals surface area contributed by atoms with Crippen LogP contribution in [0.4, 0.5) is 0 Å². The van der Waals surface area contributed by atoms with Crippen LogP contribution in [-0.4, -0.2) is 15.9 Å². The number of benzene rings is 1. The Morgan fingerprint density at radius 1 is 1.24 bits per heavy atom. The number of rotatable bonds is 2. The Morgan fingerprint density at radius 2 is 1.86 bits per heavy atom. The summed E-state index contributed by atoms with van der Waals surface area (Å²) in [5.41, 5.74) is 0.122. The van der Waals surface area contributed by atoms with Crippen LogP contribution in [0.15, 0.2) is 29.1 Å². The van der Waals surface area contributed by atoms with Crippen molar-refractivity contribution < 1.29 is 9.90 Å². The van der Waals surface area contributed by atoms with Crippen molar-refractivity contribution in [1.82, 2.24) is 4.98 Å². The van der Waals surface area contributed by atoms with Gasteiger partial charge in [-0.3, -0.25) is 9.59 Å². The Labute approximate surface area is 126 Å². The van der Waals surface area contributed by atoms with E-state index in [2.05, 4.69) is 4.98 Å². The molecule has 0 saturated carbocycles. The molecule has 0 saturated heterocycles. The van der Waals surface area contributed by atoms with Gasteiger partial charge < -0.3 is 10.1 Å². The molecule has 1 aromatic carbocycles. The zero-order valence-electron chi connectivity index (χ0n) is 12.1. The number of carbonyl (C=O) groups excluding carboxylic acids is 1. The van der Waals surface area contributed by atoms with Gasteiger partial charge in [-0.25, -0.2) is 0 Å². The summed E-state index contributed by atoms with van der Waals surface area (Å²) in [5.74, 6) is 0.146. The molecule has 4 nitrogen and oxygen atoms in total. The van der Waals surface area contributed by atoms with Gasteiger partial charge in [0.25, 0.3) is 5.56 Å². The molecule has 0 unspecified atom stereocenters. The van der Waals surface area contributed by atoms with Crippen LogP contribution in [0.5, 0.6) is 5.75 Å². The number of aromatic nitrogens is 1. The fraction of sp³-hybridized carbons (Fsp3) is 0.250. The van der Waals surface area contributed by atoms with Crippen LogP contribution >= 0.6 is 11.3 Å². The number of phenols is 1. The minimum Gasteiger partial charge on any atom is -0.508 e. The quantitative estimate of drug-likeness (QED) is 0.880. The monoisotopic (exact) mass is 303 g/mol. The summed E-state index contributed by atoms with van der Waals surface area (Å²) >= 11 is 1.24. The number of aromatic amines is 1. The number of aromatic hydroxyl groups is 1. The van der Waals surface area contributed by atoms with Gasteiger partial charge in [-0.15, -0.1) is 11.3 Å². The minimum atomic E-state index is -0.471. The highest BCUT2D eigenvalue weighted by Crippen LogP contribution is 2.14. The number of phenolic OH excluding ortho intramolecular Hbond substituents is 1. The first-order valence-electron chi connectivity index (χ1n) is 6.52. The van der Waals surface area contributed by atoms with E-state index in [1.165, 1.54) is 17.4 Å². The second kappa shape index (κ2) is 5.69. The van der Waals surface area contributed by atoms with Crippen LogP contribution in [0.2, 0.25) is 0 Å². The Morgan fingerprint density at radius 3 is 2.43 bits per heavy atom. The Kier molecular flexibility index (Phi) is 4.14. The van der Waals surface area contributed by atoms with E-state index < -0.39 is 5.41 Å². The third kappa shape index (κ3) is 3.92. The molecule has 0 amide bonds. The second-order valence-electron chi connectivity index (χ2n) is 5.78. The maximum atomic E-state index is 11.9. The molecule has 0 fully saturated rings. The summed E-state index contributed by atoms with van der Waals surface area (Å²) < 4.78 is 1.07. The van der Waals surface area contributed by atoms with Gasteiger partial charge in [0.05, 0.1) is 9.20 Å². The van der Waals surface area contributed by atoms with E-state index in [0.717, 1.165) is 5.56 Å². The fourth-order valence-corrected chi connectivity index (χ4v) is 2.47. The lowest BCUT2D eigenvalue weighted by atomic mass is 9.91. The van der Waals surface area contributed by atoms with E-state index >= 15 is 0 Å². The molecule has 0 radical (unpaired) electrons. The Balaban J connectivity index is 2.45. The number of thiazole rings is 1. The molecule has 0 bridgehead atoms. The van der Waals surface area contributed by atoms with E-state index in [1.807, 2.05) is 20.8 Å². The van der Waals surface area contributed by atoms with Gasteiger partial charge in [0.1, 0.15) is 5.75 Å². The van der Waals surface area contributed by atoms with E-state index in [-0.39, 0.29) is 17.1 Å². The molecule has 21 heavy (non-hydrogen) atoms. The number of Topliss-reactive ketones (excluding diaryl/α,β-unsaturated/α-hetero) is 1. The lowest BCUT2D eigenvalue weighted by Crippen LogP contribution is -2.22. The standard InChI is InChI=1S/C16H17NO3S/c1-16(2,3)13(19)9-14-17-15(20)12(21-14)8-10-4-6-11(18)7-5-10/h4-9,18H,1-3H3,(H,17,20)/b12-8-,14-9+. The van der Waals surface area contributed by atoms with E-state index in [9.17, 15) is 14.7 Å². The average molecular weight is 303 g/mol. The van der Waals surface area contributed by atoms with Gasteiger partial charge >= 0.3 is 0 Å². The molecular weight excluding hydrogens is 286 g/mol. The average Bonchev–Trinajstić information content (AvgIpc) is 2.71. The topological polar surface area (TPSA) is 70.2 Å². The summed E-state index contributed by atoms with van der Waals surface area (Å²) in [4.78, 5) is 26.5. The summed E-state index contributed by atoms with van der Waals surface area (Å²) in [6, 6.07) is 6.56. The molecule has 0 spiro atoms. The predicted molar refractivity (Wildman–Crippen MR) is 84.8 cm³/mol. The normalized spacial score (nSPS) is 13.7. The van der Waals surface area contributed by atoms with Gasteiger partial charge in [-0.1, -0.05) is 32.9 Å². The predicted octanol–water partition coefficient (Wildman–Crippen LogP) is 1.37. The number of nitrogens with one attached hydrogen (secondary N) is 1. The molecule has 1 heterocycles.